The number of nitrogens with one attached hydrogen (secondary N) is 1. The fraction of sp³-hybridized carbons (Fsp3) is 0.278. The molecule has 0 aliphatic carbocycles. The first-order valence-corrected chi connectivity index (χ1v) is 17.1. The molecular weight excluding hydrogens is 641 g/mol. The zero-order chi connectivity index (χ0) is 33.6. The zero-order valence-corrected chi connectivity index (χ0v) is 29.0. The predicted octanol–water partition coefficient (Wildman–Crippen LogP) is 7.36. The summed E-state index contributed by atoms with van der Waals surface area (Å²) in [4.78, 5) is 30.1. The van der Waals surface area contributed by atoms with Gasteiger partial charge in [0, 0.05) is 18.5 Å². The Morgan fingerprint density at radius 3 is 1.93 bits per heavy atom. The van der Waals surface area contributed by atoms with Crippen molar-refractivity contribution in [3.8, 4) is 0 Å². The highest BCUT2D eigenvalue weighted by Gasteiger charge is 2.35. The number of halogens is 2. The van der Waals surface area contributed by atoms with Crippen LogP contribution in [0.5, 0.6) is 0 Å². The van der Waals surface area contributed by atoms with E-state index in [0.717, 1.165) is 21.0 Å². The van der Waals surface area contributed by atoms with Gasteiger partial charge >= 0.3 is 0 Å². The summed E-state index contributed by atoms with van der Waals surface area (Å²) >= 11 is 12.5. The van der Waals surface area contributed by atoms with Crippen molar-refractivity contribution in [1.29, 1.82) is 0 Å². The highest BCUT2D eigenvalue weighted by atomic mass is 35.5. The van der Waals surface area contributed by atoms with Crippen LogP contribution in [0.1, 0.15) is 43.0 Å². The van der Waals surface area contributed by atoms with Gasteiger partial charge in [-0.25, -0.2) is 8.42 Å². The molecule has 4 aromatic carbocycles. The van der Waals surface area contributed by atoms with Crippen LogP contribution in [0.25, 0.3) is 0 Å². The quantitative estimate of drug-likeness (QED) is 0.179. The van der Waals surface area contributed by atoms with Gasteiger partial charge in [0.05, 0.1) is 20.6 Å². The highest BCUT2D eigenvalue weighted by Crippen LogP contribution is 2.28. The molecule has 0 saturated carbocycles. The molecule has 4 aromatic rings. The second kappa shape index (κ2) is 14.7. The first kappa shape index (κ1) is 35.0. The topological polar surface area (TPSA) is 86.8 Å². The number of carbonyl (C=O) groups is 2. The maximum Gasteiger partial charge on any atom is 0.264 e. The van der Waals surface area contributed by atoms with Crippen LogP contribution in [0.3, 0.4) is 0 Å². The fourth-order valence-corrected chi connectivity index (χ4v) is 6.92. The third-order valence-electron chi connectivity index (χ3n) is 7.21. The molecule has 0 bridgehead atoms. The van der Waals surface area contributed by atoms with E-state index in [4.69, 9.17) is 23.2 Å². The molecule has 242 valence electrons. The molecular formula is C36H39Cl2N3O4S. The molecule has 4 rings (SSSR count). The second-order valence-electron chi connectivity index (χ2n) is 12.4. The molecule has 0 aliphatic heterocycles. The number of sulfonamides is 1. The molecule has 1 unspecified atom stereocenters. The van der Waals surface area contributed by atoms with Crippen LogP contribution in [0, 0.1) is 13.8 Å². The number of benzene rings is 4. The number of rotatable bonds is 11. The van der Waals surface area contributed by atoms with Gasteiger partial charge < -0.3 is 10.2 Å². The molecule has 0 aromatic heterocycles. The van der Waals surface area contributed by atoms with Gasteiger partial charge in [0.15, 0.2) is 0 Å². The Hall–Kier alpha value is -3.85. The maximum absolute atomic E-state index is 14.6. The largest absolute Gasteiger partial charge is 0.350 e. The van der Waals surface area contributed by atoms with Crippen molar-refractivity contribution in [2.45, 2.75) is 64.1 Å². The van der Waals surface area contributed by atoms with Crippen molar-refractivity contribution < 1.29 is 18.0 Å². The lowest BCUT2D eigenvalue weighted by atomic mass is 10.0. The highest BCUT2D eigenvalue weighted by molar-refractivity contribution is 7.92. The summed E-state index contributed by atoms with van der Waals surface area (Å²) in [6, 6.07) is 26.8. The van der Waals surface area contributed by atoms with Gasteiger partial charge in [0.25, 0.3) is 10.0 Å². The van der Waals surface area contributed by atoms with Gasteiger partial charge in [0.2, 0.25) is 11.8 Å². The van der Waals surface area contributed by atoms with Crippen LogP contribution in [0.15, 0.2) is 102 Å². The molecule has 0 aliphatic rings. The summed E-state index contributed by atoms with van der Waals surface area (Å²) in [7, 11) is -4.19. The standard InChI is InChI=1S/C36H39Cl2N3O4S/c1-25-18-26(2)20-29(19-25)41(46(44,45)30-14-10-7-11-15-30)24-34(42)40(23-28-16-17-31(37)32(38)21-28)33(35(43)39-36(3,4)5)22-27-12-8-6-9-13-27/h6-21,33H,22-24H2,1-5H3,(H,39,43). The van der Waals surface area contributed by atoms with Crippen molar-refractivity contribution in [3.63, 3.8) is 0 Å². The molecule has 2 amide bonds. The molecule has 0 spiro atoms. The monoisotopic (exact) mass is 679 g/mol. The third kappa shape index (κ3) is 9.12. The number of anilines is 1. The van der Waals surface area contributed by atoms with E-state index in [1.807, 2.05) is 71.0 Å². The van der Waals surface area contributed by atoms with Gasteiger partial charge in [-0.3, -0.25) is 13.9 Å². The van der Waals surface area contributed by atoms with Crippen LogP contribution < -0.4 is 9.62 Å². The lowest BCUT2D eigenvalue weighted by Crippen LogP contribution is -2.56. The second-order valence-corrected chi connectivity index (χ2v) is 15.1. The Labute approximate surface area is 282 Å². The molecule has 0 radical (unpaired) electrons. The van der Waals surface area contributed by atoms with Gasteiger partial charge in [-0.15, -0.1) is 0 Å². The minimum Gasteiger partial charge on any atom is -0.350 e. The smallest absolute Gasteiger partial charge is 0.264 e. The van der Waals surface area contributed by atoms with E-state index in [0.29, 0.717) is 21.3 Å². The summed E-state index contributed by atoms with van der Waals surface area (Å²) in [5.74, 6) is -0.927. The number of amides is 2. The lowest BCUT2D eigenvalue weighted by Gasteiger charge is -2.35. The normalized spacial score (nSPS) is 12.3. The Bertz CT molecular complexity index is 1770. The van der Waals surface area contributed by atoms with Crippen LogP contribution in [0.2, 0.25) is 10.0 Å². The minimum absolute atomic E-state index is 0.0170. The number of aryl methyl sites for hydroxylation is 2. The molecule has 46 heavy (non-hydrogen) atoms. The van der Waals surface area contributed by atoms with Crippen LogP contribution in [-0.4, -0.2) is 43.3 Å². The van der Waals surface area contributed by atoms with E-state index in [2.05, 4.69) is 5.32 Å². The van der Waals surface area contributed by atoms with Gasteiger partial charge in [-0.05, 0) is 93.3 Å². The van der Waals surface area contributed by atoms with E-state index < -0.39 is 34.1 Å². The maximum atomic E-state index is 14.6. The molecule has 0 saturated heterocycles. The third-order valence-corrected chi connectivity index (χ3v) is 9.74. The SMILES string of the molecule is Cc1cc(C)cc(N(CC(=O)N(Cc2ccc(Cl)c(Cl)c2)C(Cc2ccccc2)C(=O)NC(C)(C)C)S(=O)(=O)c2ccccc2)c1. The molecule has 0 heterocycles. The zero-order valence-electron chi connectivity index (χ0n) is 26.6. The first-order chi connectivity index (χ1) is 21.6. The van der Waals surface area contributed by atoms with Gasteiger partial charge in [-0.1, -0.05) is 83.9 Å². The molecule has 0 fully saturated rings. The van der Waals surface area contributed by atoms with E-state index in [-0.39, 0.29) is 23.8 Å². The molecule has 1 N–H and O–H groups in total. The van der Waals surface area contributed by atoms with E-state index in [1.165, 1.54) is 17.0 Å². The summed E-state index contributed by atoms with van der Waals surface area (Å²) in [5.41, 5.74) is 2.92. The van der Waals surface area contributed by atoms with Gasteiger partial charge in [0.1, 0.15) is 12.6 Å². The van der Waals surface area contributed by atoms with Crippen molar-refractivity contribution in [2.24, 2.45) is 0 Å². The number of carbonyl (C=O) groups excluding carboxylic acids is 2. The van der Waals surface area contributed by atoms with Crippen molar-refractivity contribution >= 4 is 50.7 Å². The average Bonchev–Trinajstić information content (AvgIpc) is 2.98. The Morgan fingerprint density at radius 1 is 0.783 bits per heavy atom. The summed E-state index contributed by atoms with van der Waals surface area (Å²) in [6.07, 6.45) is 0.199. The number of hydrogen-bond acceptors (Lipinski definition) is 4. The number of nitrogens with zero attached hydrogens (tertiary/aromatic N) is 2. The number of hydrogen-bond donors (Lipinski definition) is 1. The summed E-state index contributed by atoms with van der Waals surface area (Å²) < 4.78 is 29.5. The first-order valence-electron chi connectivity index (χ1n) is 14.9. The van der Waals surface area contributed by atoms with E-state index >= 15 is 0 Å². The molecule has 1 atom stereocenters. The molecule has 7 nitrogen and oxygen atoms in total. The average molecular weight is 681 g/mol. The van der Waals surface area contributed by atoms with Crippen LogP contribution in [-0.2, 0) is 32.6 Å². The van der Waals surface area contributed by atoms with Gasteiger partial charge in [-0.2, -0.15) is 0 Å². The summed E-state index contributed by atoms with van der Waals surface area (Å²) in [6.45, 7) is 8.77. The van der Waals surface area contributed by atoms with Crippen LogP contribution in [0.4, 0.5) is 5.69 Å². The Kier molecular flexibility index (Phi) is 11.2. The van der Waals surface area contributed by atoms with Crippen molar-refractivity contribution in [3.05, 3.63) is 129 Å². The molecule has 10 heteroatoms. The lowest BCUT2D eigenvalue weighted by molar-refractivity contribution is -0.140. The van der Waals surface area contributed by atoms with E-state index in [9.17, 15) is 18.0 Å². The fourth-order valence-electron chi connectivity index (χ4n) is 5.18. The summed E-state index contributed by atoms with van der Waals surface area (Å²) in [5, 5.41) is 3.68. The van der Waals surface area contributed by atoms with E-state index in [1.54, 1.807) is 48.5 Å². The van der Waals surface area contributed by atoms with Crippen molar-refractivity contribution in [2.75, 3.05) is 10.8 Å². The predicted molar refractivity (Wildman–Crippen MR) is 186 cm³/mol. The Balaban J connectivity index is 1.85. The van der Waals surface area contributed by atoms with Crippen molar-refractivity contribution in [1.82, 2.24) is 10.2 Å². The minimum atomic E-state index is -4.19. The Morgan fingerprint density at radius 2 is 1.37 bits per heavy atom. The van der Waals surface area contributed by atoms with Crippen LogP contribution >= 0.6 is 23.2 Å².